The molecule has 0 saturated carbocycles. The van der Waals surface area contributed by atoms with Gasteiger partial charge in [-0.25, -0.2) is 17.2 Å². The van der Waals surface area contributed by atoms with Crippen molar-refractivity contribution in [3.05, 3.63) is 51.5 Å². The Kier molecular flexibility index (Phi) is 4.40. The fraction of sp³-hybridized carbons (Fsp3) is 0. The topological polar surface area (TPSA) is 72.2 Å². The van der Waals surface area contributed by atoms with E-state index in [0.717, 1.165) is 12.1 Å². The number of anilines is 2. The molecule has 0 aliphatic rings. The Morgan fingerprint density at radius 1 is 1.14 bits per heavy atom. The molecule has 0 bridgehead atoms. The second kappa shape index (κ2) is 5.78. The van der Waals surface area contributed by atoms with Gasteiger partial charge in [0.25, 0.3) is 10.0 Å². The molecule has 0 saturated heterocycles. The number of nitrogens with two attached hydrogens (primary N) is 1. The molecule has 4 nitrogen and oxygen atoms in total. The normalized spacial score (nSPS) is 11.4. The number of halogens is 4. The molecule has 0 spiro atoms. The van der Waals surface area contributed by atoms with E-state index in [0.29, 0.717) is 6.07 Å². The molecular weight excluding hydrogens is 390 g/mol. The molecule has 0 aromatic heterocycles. The van der Waals surface area contributed by atoms with Crippen LogP contribution in [-0.2, 0) is 10.0 Å². The minimum absolute atomic E-state index is 0.0697. The molecule has 21 heavy (non-hydrogen) atoms. The van der Waals surface area contributed by atoms with Gasteiger partial charge in [0.2, 0.25) is 0 Å². The average Bonchev–Trinajstić information content (AvgIpc) is 2.39. The number of hydrogen-bond acceptors (Lipinski definition) is 3. The maximum Gasteiger partial charge on any atom is 0.262 e. The zero-order chi connectivity index (χ0) is 15.8. The summed E-state index contributed by atoms with van der Waals surface area (Å²) >= 11 is 8.56. The summed E-state index contributed by atoms with van der Waals surface area (Å²) in [6.45, 7) is 0. The molecule has 0 heterocycles. The quantitative estimate of drug-likeness (QED) is 0.612. The fourth-order valence-electron chi connectivity index (χ4n) is 1.49. The second-order valence-electron chi connectivity index (χ2n) is 4.03. The largest absolute Gasteiger partial charge is 0.397 e. The van der Waals surface area contributed by atoms with E-state index in [9.17, 15) is 17.2 Å². The standard InChI is InChI=1S/C12H8BrClF2N2O2S/c13-7-4-12(10(16)5-9(7)15)18-21(19,20)6-1-2-8(14)11(17)3-6/h1-5,18H,17H2. The van der Waals surface area contributed by atoms with Gasteiger partial charge in [0.05, 0.1) is 25.8 Å². The highest BCUT2D eigenvalue weighted by Crippen LogP contribution is 2.27. The molecule has 9 heteroatoms. The maximum atomic E-state index is 13.6. The van der Waals surface area contributed by atoms with Gasteiger partial charge in [-0.3, -0.25) is 4.72 Å². The molecule has 0 atom stereocenters. The summed E-state index contributed by atoms with van der Waals surface area (Å²) in [7, 11) is -4.08. The van der Waals surface area contributed by atoms with E-state index in [1.54, 1.807) is 0 Å². The van der Waals surface area contributed by atoms with Gasteiger partial charge in [0, 0.05) is 6.07 Å². The Morgan fingerprint density at radius 3 is 2.43 bits per heavy atom. The highest BCUT2D eigenvalue weighted by molar-refractivity contribution is 9.10. The predicted molar refractivity (Wildman–Crippen MR) is 80.7 cm³/mol. The van der Waals surface area contributed by atoms with Crippen molar-refractivity contribution in [3.8, 4) is 0 Å². The van der Waals surface area contributed by atoms with Crippen LogP contribution in [0.4, 0.5) is 20.2 Å². The second-order valence-corrected chi connectivity index (χ2v) is 6.98. The molecular formula is C12H8BrClF2N2O2S. The van der Waals surface area contributed by atoms with Crippen LogP contribution >= 0.6 is 27.5 Å². The summed E-state index contributed by atoms with van der Waals surface area (Å²) in [6, 6.07) is 5.22. The number of hydrogen-bond donors (Lipinski definition) is 2. The van der Waals surface area contributed by atoms with Gasteiger partial charge in [-0.1, -0.05) is 11.6 Å². The summed E-state index contributed by atoms with van der Waals surface area (Å²) in [5, 5.41) is 0.199. The first kappa shape index (κ1) is 16.0. The van der Waals surface area contributed by atoms with Gasteiger partial charge in [0.1, 0.15) is 11.6 Å². The molecule has 0 amide bonds. The number of benzene rings is 2. The van der Waals surface area contributed by atoms with Crippen molar-refractivity contribution in [2.24, 2.45) is 0 Å². The van der Waals surface area contributed by atoms with E-state index in [1.807, 2.05) is 4.72 Å². The summed E-state index contributed by atoms with van der Waals surface area (Å²) < 4.78 is 52.9. The molecule has 2 aromatic rings. The van der Waals surface area contributed by atoms with E-state index in [4.69, 9.17) is 17.3 Å². The third kappa shape index (κ3) is 3.45. The van der Waals surface area contributed by atoms with Crippen LogP contribution in [0.15, 0.2) is 39.7 Å². The third-order valence-electron chi connectivity index (χ3n) is 2.53. The number of rotatable bonds is 3. The molecule has 0 aliphatic carbocycles. The molecule has 3 N–H and O–H groups in total. The smallest absolute Gasteiger partial charge is 0.262 e. The summed E-state index contributed by atoms with van der Waals surface area (Å²) in [5.41, 5.74) is 5.21. The lowest BCUT2D eigenvalue weighted by molar-refractivity contribution is 0.579. The van der Waals surface area contributed by atoms with Gasteiger partial charge < -0.3 is 5.73 Å². The SMILES string of the molecule is Nc1cc(S(=O)(=O)Nc2cc(Br)c(F)cc2F)ccc1Cl. The minimum Gasteiger partial charge on any atom is -0.397 e. The molecule has 0 radical (unpaired) electrons. The molecule has 2 aromatic carbocycles. The van der Waals surface area contributed by atoms with Crippen LogP contribution < -0.4 is 10.5 Å². The summed E-state index contributed by atoms with van der Waals surface area (Å²) in [6.07, 6.45) is 0. The van der Waals surface area contributed by atoms with Crippen molar-refractivity contribution in [2.45, 2.75) is 4.90 Å². The molecule has 2 rings (SSSR count). The van der Waals surface area contributed by atoms with Crippen LogP contribution in [0.5, 0.6) is 0 Å². The third-order valence-corrected chi connectivity index (χ3v) is 4.85. The van der Waals surface area contributed by atoms with Crippen molar-refractivity contribution in [2.75, 3.05) is 10.5 Å². The highest BCUT2D eigenvalue weighted by Gasteiger charge is 2.18. The molecule has 0 aliphatic heterocycles. The van der Waals surface area contributed by atoms with E-state index < -0.39 is 27.3 Å². The number of nitrogens with one attached hydrogen (secondary N) is 1. The van der Waals surface area contributed by atoms with Gasteiger partial charge >= 0.3 is 0 Å². The minimum atomic E-state index is -4.08. The van der Waals surface area contributed by atoms with E-state index >= 15 is 0 Å². The Morgan fingerprint density at radius 2 is 1.81 bits per heavy atom. The van der Waals surface area contributed by atoms with E-state index in [-0.39, 0.29) is 20.1 Å². The first-order chi connectivity index (χ1) is 9.70. The highest BCUT2D eigenvalue weighted by atomic mass is 79.9. The Bertz CT molecular complexity index is 815. The zero-order valence-corrected chi connectivity index (χ0v) is 13.4. The monoisotopic (exact) mass is 396 g/mol. The van der Waals surface area contributed by atoms with Crippen LogP contribution in [0.1, 0.15) is 0 Å². The average molecular weight is 398 g/mol. The van der Waals surface area contributed by atoms with Crippen molar-refractivity contribution < 1.29 is 17.2 Å². The van der Waals surface area contributed by atoms with Crippen LogP contribution in [0, 0.1) is 11.6 Å². The first-order valence-corrected chi connectivity index (χ1v) is 8.08. The number of sulfonamides is 1. The van der Waals surface area contributed by atoms with Crippen LogP contribution in [0.25, 0.3) is 0 Å². The van der Waals surface area contributed by atoms with Crippen LogP contribution in [-0.4, -0.2) is 8.42 Å². The Balaban J connectivity index is 2.42. The Hall–Kier alpha value is -1.38. The predicted octanol–water partition coefficient (Wildman–Crippen LogP) is 3.76. The first-order valence-electron chi connectivity index (χ1n) is 5.43. The molecule has 0 fully saturated rings. The van der Waals surface area contributed by atoms with Crippen molar-refractivity contribution in [3.63, 3.8) is 0 Å². The molecule has 0 unspecified atom stereocenters. The van der Waals surface area contributed by atoms with Crippen molar-refractivity contribution in [1.29, 1.82) is 0 Å². The lowest BCUT2D eigenvalue weighted by Gasteiger charge is -2.10. The van der Waals surface area contributed by atoms with Crippen LogP contribution in [0.3, 0.4) is 0 Å². The number of nitrogen functional groups attached to an aromatic ring is 1. The van der Waals surface area contributed by atoms with Gasteiger partial charge in [-0.2, -0.15) is 0 Å². The Labute approximate surface area is 133 Å². The lowest BCUT2D eigenvalue weighted by atomic mass is 10.3. The zero-order valence-electron chi connectivity index (χ0n) is 10.2. The lowest BCUT2D eigenvalue weighted by Crippen LogP contribution is -2.14. The van der Waals surface area contributed by atoms with Gasteiger partial charge in [0.15, 0.2) is 0 Å². The summed E-state index contributed by atoms with van der Waals surface area (Å²) in [5.74, 6) is -1.88. The van der Waals surface area contributed by atoms with E-state index in [2.05, 4.69) is 15.9 Å². The van der Waals surface area contributed by atoms with E-state index in [1.165, 1.54) is 12.1 Å². The van der Waals surface area contributed by atoms with Crippen molar-refractivity contribution in [1.82, 2.24) is 0 Å². The van der Waals surface area contributed by atoms with Crippen LogP contribution in [0.2, 0.25) is 5.02 Å². The van der Waals surface area contributed by atoms with Gasteiger partial charge in [-0.05, 0) is 40.2 Å². The van der Waals surface area contributed by atoms with Crippen molar-refractivity contribution >= 4 is 48.9 Å². The molecule has 112 valence electrons. The van der Waals surface area contributed by atoms with Gasteiger partial charge in [-0.15, -0.1) is 0 Å². The summed E-state index contributed by atoms with van der Waals surface area (Å²) in [4.78, 5) is -0.191. The maximum absolute atomic E-state index is 13.6. The fourth-order valence-corrected chi connectivity index (χ4v) is 3.05.